The van der Waals surface area contributed by atoms with E-state index in [0.29, 0.717) is 51.4 Å². The largest absolute Gasteiger partial charge is 0.488 e. The zero-order valence-corrected chi connectivity index (χ0v) is 20.3. The Morgan fingerprint density at radius 2 is 1.94 bits per heavy atom. The average molecular weight is 454 g/mol. The Balaban J connectivity index is 1.68. The summed E-state index contributed by atoms with van der Waals surface area (Å²) in [5, 5.41) is 16.8. The van der Waals surface area contributed by atoms with Crippen molar-refractivity contribution in [3.8, 4) is 17.4 Å². The van der Waals surface area contributed by atoms with Crippen LogP contribution in [0.25, 0.3) is 0 Å². The lowest BCUT2D eigenvalue weighted by atomic mass is 9.93. The minimum atomic E-state index is -0.331. The van der Waals surface area contributed by atoms with Crippen molar-refractivity contribution in [2.75, 3.05) is 39.6 Å². The number of ether oxygens (including phenoxy) is 4. The van der Waals surface area contributed by atoms with Gasteiger partial charge in [0.15, 0.2) is 11.5 Å². The van der Waals surface area contributed by atoms with Gasteiger partial charge in [-0.15, -0.1) is 16.4 Å². The van der Waals surface area contributed by atoms with E-state index in [-0.39, 0.29) is 17.4 Å². The van der Waals surface area contributed by atoms with Gasteiger partial charge in [0, 0.05) is 5.41 Å². The first kappa shape index (κ1) is 23.8. The van der Waals surface area contributed by atoms with Crippen molar-refractivity contribution in [3.05, 3.63) is 16.0 Å². The number of aromatic nitrogens is 3. The molecule has 8 nitrogen and oxygen atoms in total. The molecule has 1 atom stereocenters. The molecule has 1 N–H and O–H groups in total. The maximum Gasteiger partial charge on any atom is 0.232 e. The highest BCUT2D eigenvalue weighted by Gasteiger charge is 2.37. The van der Waals surface area contributed by atoms with E-state index in [1.165, 1.54) is 9.75 Å². The van der Waals surface area contributed by atoms with Crippen LogP contribution < -0.4 is 14.2 Å². The lowest BCUT2D eigenvalue weighted by Gasteiger charge is -2.27. The number of aliphatic hydroxyl groups is 1. The van der Waals surface area contributed by atoms with Crippen LogP contribution in [0.1, 0.15) is 57.2 Å². The SMILES string of the molecule is CC(C)c1sc(C(C)(C)C)c2c1OCC(C)(COc1cnnn1CCOCCO)CO2. The molecule has 0 fully saturated rings. The Kier molecular flexibility index (Phi) is 7.49. The van der Waals surface area contributed by atoms with Crippen molar-refractivity contribution in [2.24, 2.45) is 5.41 Å². The quantitative estimate of drug-likeness (QED) is 0.580. The summed E-state index contributed by atoms with van der Waals surface area (Å²) in [6.45, 7) is 15.7. The molecule has 0 radical (unpaired) electrons. The van der Waals surface area contributed by atoms with E-state index >= 15 is 0 Å². The number of thiophene rings is 1. The van der Waals surface area contributed by atoms with E-state index in [2.05, 4.69) is 51.9 Å². The molecular formula is C22H35N3O5S. The second-order valence-electron chi connectivity index (χ2n) is 9.67. The molecule has 3 heterocycles. The highest BCUT2D eigenvalue weighted by Crippen LogP contribution is 2.52. The first-order chi connectivity index (χ1) is 14.6. The molecule has 0 saturated heterocycles. The second kappa shape index (κ2) is 9.75. The van der Waals surface area contributed by atoms with Crippen LogP contribution in [-0.4, -0.2) is 59.7 Å². The number of fused-ring (bicyclic) bond motifs is 1. The van der Waals surface area contributed by atoms with Crippen LogP contribution in [0.5, 0.6) is 17.4 Å². The van der Waals surface area contributed by atoms with E-state index in [4.69, 9.17) is 24.1 Å². The molecule has 9 heteroatoms. The Labute approximate surface area is 188 Å². The van der Waals surface area contributed by atoms with Gasteiger partial charge < -0.3 is 24.1 Å². The summed E-state index contributed by atoms with van der Waals surface area (Å²) in [5.74, 6) is 2.72. The highest BCUT2D eigenvalue weighted by molar-refractivity contribution is 7.13. The normalized spacial score (nSPS) is 19.0. The third-order valence-electron chi connectivity index (χ3n) is 5.02. The van der Waals surface area contributed by atoms with E-state index in [0.717, 1.165) is 11.5 Å². The summed E-state index contributed by atoms with van der Waals surface area (Å²) in [7, 11) is 0. The first-order valence-electron chi connectivity index (χ1n) is 10.8. The number of nitrogens with zero attached hydrogens (tertiary/aromatic N) is 3. The molecule has 0 amide bonds. The minimum absolute atomic E-state index is 0.000103. The van der Waals surface area contributed by atoms with Crippen LogP contribution in [0.2, 0.25) is 0 Å². The van der Waals surface area contributed by atoms with Gasteiger partial charge in [0.25, 0.3) is 0 Å². The smallest absolute Gasteiger partial charge is 0.232 e. The van der Waals surface area contributed by atoms with Gasteiger partial charge >= 0.3 is 0 Å². The zero-order valence-electron chi connectivity index (χ0n) is 19.4. The molecule has 2 aromatic rings. The van der Waals surface area contributed by atoms with Crippen LogP contribution in [-0.2, 0) is 16.7 Å². The summed E-state index contributed by atoms with van der Waals surface area (Å²) in [6, 6.07) is 0. The maximum atomic E-state index is 8.81. The highest BCUT2D eigenvalue weighted by atomic mass is 32.1. The molecule has 0 spiro atoms. The van der Waals surface area contributed by atoms with Gasteiger partial charge in [-0.25, -0.2) is 4.68 Å². The molecule has 1 aliphatic rings. The summed E-state index contributed by atoms with van der Waals surface area (Å²) in [6.07, 6.45) is 1.60. The molecule has 1 aliphatic heterocycles. The van der Waals surface area contributed by atoms with Gasteiger partial charge in [0.1, 0.15) is 26.0 Å². The molecule has 31 heavy (non-hydrogen) atoms. The van der Waals surface area contributed by atoms with Gasteiger partial charge in [-0.2, -0.15) is 0 Å². The molecule has 3 rings (SSSR count). The average Bonchev–Trinajstić information content (AvgIpc) is 3.27. The Morgan fingerprint density at radius 1 is 1.23 bits per heavy atom. The standard InChI is InChI=1S/C22H35N3O5S/c1-15(2)19-17-18(20(31-19)21(3,4)5)30-14-22(6,13-29-17)12-28-16-11-23-24-25(16)7-9-27-10-8-26/h11,15,26H,7-10,12-14H2,1-6H3. The number of hydrogen-bond acceptors (Lipinski definition) is 8. The fourth-order valence-electron chi connectivity index (χ4n) is 3.26. The molecule has 2 aromatic heterocycles. The first-order valence-corrected chi connectivity index (χ1v) is 11.6. The molecular weight excluding hydrogens is 418 g/mol. The van der Waals surface area contributed by atoms with Gasteiger partial charge in [-0.1, -0.05) is 39.8 Å². The van der Waals surface area contributed by atoms with E-state index in [1.54, 1.807) is 22.2 Å². The third kappa shape index (κ3) is 5.70. The van der Waals surface area contributed by atoms with Crippen LogP contribution in [0, 0.1) is 5.41 Å². The van der Waals surface area contributed by atoms with Crippen LogP contribution in [0.15, 0.2) is 6.20 Å². The van der Waals surface area contributed by atoms with E-state index in [9.17, 15) is 0 Å². The van der Waals surface area contributed by atoms with Crippen LogP contribution >= 0.6 is 11.3 Å². The summed E-state index contributed by atoms with van der Waals surface area (Å²) >= 11 is 1.80. The van der Waals surface area contributed by atoms with E-state index in [1.807, 2.05) is 0 Å². The van der Waals surface area contributed by atoms with Crippen LogP contribution in [0.4, 0.5) is 0 Å². The number of aliphatic hydroxyl groups excluding tert-OH is 1. The minimum Gasteiger partial charge on any atom is -0.488 e. The van der Waals surface area contributed by atoms with Crippen molar-refractivity contribution in [1.82, 2.24) is 15.0 Å². The van der Waals surface area contributed by atoms with Gasteiger partial charge in [0.2, 0.25) is 5.88 Å². The molecule has 1 unspecified atom stereocenters. The van der Waals surface area contributed by atoms with Crippen molar-refractivity contribution in [2.45, 2.75) is 59.4 Å². The topological polar surface area (TPSA) is 87.9 Å². The molecule has 174 valence electrons. The van der Waals surface area contributed by atoms with Gasteiger partial charge in [-0.3, -0.25) is 0 Å². The van der Waals surface area contributed by atoms with Crippen molar-refractivity contribution >= 4 is 11.3 Å². The lowest BCUT2D eigenvalue weighted by molar-refractivity contribution is 0.0568. The Morgan fingerprint density at radius 3 is 2.58 bits per heavy atom. The molecule has 0 aromatic carbocycles. The van der Waals surface area contributed by atoms with Gasteiger partial charge in [0.05, 0.1) is 41.5 Å². The summed E-state index contributed by atoms with van der Waals surface area (Å²) < 4.78 is 25.7. The predicted octanol–water partition coefficient (Wildman–Crippen LogP) is 3.63. The molecule has 0 bridgehead atoms. The summed E-state index contributed by atoms with van der Waals surface area (Å²) in [5.41, 5.74) is -0.346. The van der Waals surface area contributed by atoms with Crippen molar-refractivity contribution in [1.29, 1.82) is 0 Å². The molecule has 0 aliphatic carbocycles. The fraction of sp³-hybridized carbons (Fsp3) is 0.727. The monoisotopic (exact) mass is 453 g/mol. The lowest BCUT2D eigenvalue weighted by Crippen LogP contribution is -2.36. The van der Waals surface area contributed by atoms with Crippen LogP contribution in [0.3, 0.4) is 0 Å². The van der Waals surface area contributed by atoms with Gasteiger partial charge in [-0.05, 0) is 12.8 Å². The third-order valence-corrected chi connectivity index (χ3v) is 6.90. The maximum absolute atomic E-state index is 8.81. The Bertz CT molecular complexity index is 858. The fourth-order valence-corrected chi connectivity index (χ4v) is 4.51. The number of rotatable bonds is 9. The molecule has 0 saturated carbocycles. The second-order valence-corrected chi connectivity index (χ2v) is 10.7. The zero-order chi connectivity index (χ0) is 22.6. The van der Waals surface area contributed by atoms with E-state index < -0.39 is 0 Å². The van der Waals surface area contributed by atoms with Crippen molar-refractivity contribution in [3.63, 3.8) is 0 Å². The number of hydrogen-bond donors (Lipinski definition) is 1. The predicted molar refractivity (Wildman–Crippen MR) is 120 cm³/mol. The van der Waals surface area contributed by atoms with Crippen molar-refractivity contribution < 1.29 is 24.1 Å². The Hall–Kier alpha value is -1.84. The summed E-state index contributed by atoms with van der Waals surface area (Å²) in [4.78, 5) is 2.46.